The van der Waals surface area contributed by atoms with E-state index in [0.717, 1.165) is 29.6 Å². The summed E-state index contributed by atoms with van der Waals surface area (Å²) in [6, 6.07) is 0. The van der Waals surface area contributed by atoms with Crippen LogP contribution in [0.15, 0.2) is 12.2 Å². The van der Waals surface area contributed by atoms with Gasteiger partial charge in [-0.2, -0.15) is 0 Å². The molecular weight excluding hydrogens is 300 g/mol. The van der Waals surface area contributed by atoms with Gasteiger partial charge in [-0.3, -0.25) is 0 Å². The lowest BCUT2D eigenvalue weighted by molar-refractivity contribution is 0.179. The van der Waals surface area contributed by atoms with Crippen LogP contribution in [0.2, 0.25) is 0 Å². The Balaban J connectivity index is 1.31. The molecule has 144 valence electrons. The van der Waals surface area contributed by atoms with Crippen LogP contribution in [0.4, 0.5) is 0 Å². The van der Waals surface area contributed by atoms with E-state index in [-0.39, 0.29) is 0 Å². The third kappa shape index (κ3) is 6.44. The van der Waals surface area contributed by atoms with E-state index < -0.39 is 0 Å². The summed E-state index contributed by atoms with van der Waals surface area (Å²) in [5.41, 5.74) is 0. The molecule has 0 aromatic rings. The van der Waals surface area contributed by atoms with Crippen molar-refractivity contribution in [2.24, 2.45) is 29.6 Å². The summed E-state index contributed by atoms with van der Waals surface area (Å²) in [5.74, 6) is 5.08. The van der Waals surface area contributed by atoms with Gasteiger partial charge in [-0.25, -0.2) is 0 Å². The highest BCUT2D eigenvalue weighted by Crippen LogP contribution is 2.40. The number of hydrogen-bond acceptors (Lipinski definition) is 0. The van der Waals surface area contributed by atoms with Crippen molar-refractivity contribution in [2.75, 3.05) is 0 Å². The molecule has 3 saturated carbocycles. The molecule has 3 rings (SSSR count). The Hall–Kier alpha value is -0.260. The van der Waals surface area contributed by atoms with E-state index in [4.69, 9.17) is 0 Å². The van der Waals surface area contributed by atoms with Crippen LogP contribution in [0.1, 0.15) is 116 Å². The van der Waals surface area contributed by atoms with E-state index in [0.29, 0.717) is 0 Å². The zero-order valence-electron chi connectivity index (χ0n) is 17.1. The molecule has 0 aromatic heterocycles. The van der Waals surface area contributed by atoms with E-state index in [1.54, 1.807) is 12.8 Å². The van der Waals surface area contributed by atoms with Gasteiger partial charge in [-0.05, 0) is 81.0 Å². The molecule has 25 heavy (non-hydrogen) atoms. The first-order valence-corrected chi connectivity index (χ1v) is 12.0. The number of allylic oxidation sites excluding steroid dienone is 2. The van der Waals surface area contributed by atoms with Gasteiger partial charge in [0.2, 0.25) is 0 Å². The van der Waals surface area contributed by atoms with Gasteiger partial charge in [-0.1, -0.05) is 76.9 Å². The Bertz CT molecular complexity index is 359. The van der Waals surface area contributed by atoms with Gasteiger partial charge in [0.05, 0.1) is 0 Å². The normalized spacial score (nSPS) is 35.2. The molecule has 0 spiro atoms. The second kappa shape index (κ2) is 10.8. The monoisotopic (exact) mass is 344 g/mol. The fourth-order valence-corrected chi connectivity index (χ4v) is 6.08. The second-order valence-electron chi connectivity index (χ2n) is 9.73. The Labute approximate surface area is 158 Å². The first kappa shape index (κ1) is 19.5. The topological polar surface area (TPSA) is 0 Å². The molecule has 0 amide bonds. The Morgan fingerprint density at radius 3 is 1.76 bits per heavy atom. The molecule has 0 bridgehead atoms. The van der Waals surface area contributed by atoms with E-state index in [9.17, 15) is 0 Å². The maximum atomic E-state index is 2.65. The quantitative estimate of drug-likeness (QED) is 0.322. The summed E-state index contributed by atoms with van der Waals surface area (Å²) < 4.78 is 0. The van der Waals surface area contributed by atoms with Gasteiger partial charge in [0, 0.05) is 0 Å². The van der Waals surface area contributed by atoms with Crippen LogP contribution >= 0.6 is 0 Å². The van der Waals surface area contributed by atoms with Gasteiger partial charge >= 0.3 is 0 Å². The Kier molecular flexibility index (Phi) is 8.41. The molecule has 0 aliphatic heterocycles. The summed E-state index contributed by atoms with van der Waals surface area (Å²) in [5, 5.41) is 0. The van der Waals surface area contributed by atoms with E-state index in [1.807, 2.05) is 0 Å². The van der Waals surface area contributed by atoms with E-state index in [2.05, 4.69) is 19.1 Å². The first-order valence-electron chi connectivity index (χ1n) is 12.0. The molecule has 0 unspecified atom stereocenters. The van der Waals surface area contributed by atoms with Crippen molar-refractivity contribution < 1.29 is 0 Å². The van der Waals surface area contributed by atoms with Gasteiger partial charge < -0.3 is 0 Å². The molecular formula is C25H44. The fraction of sp³-hybridized carbons (Fsp3) is 0.920. The smallest absolute Gasteiger partial charge is 0.0233 e. The lowest BCUT2D eigenvalue weighted by atomic mass is 9.71. The molecule has 3 aliphatic rings. The molecule has 0 N–H and O–H groups in total. The van der Waals surface area contributed by atoms with Crippen molar-refractivity contribution in [2.45, 2.75) is 116 Å². The predicted octanol–water partition coefficient (Wildman–Crippen LogP) is 8.32. The second-order valence-corrected chi connectivity index (χ2v) is 9.73. The molecule has 3 aliphatic carbocycles. The van der Waals surface area contributed by atoms with E-state index in [1.165, 1.54) is 96.3 Å². The van der Waals surface area contributed by atoms with Crippen LogP contribution in [0.5, 0.6) is 0 Å². The summed E-state index contributed by atoms with van der Waals surface area (Å²) in [4.78, 5) is 0. The minimum Gasteiger partial charge on any atom is -0.0851 e. The minimum absolute atomic E-state index is 0.915. The fourth-order valence-electron chi connectivity index (χ4n) is 6.08. The lowest BCUT2D eigenvalue weighted by Gasteiger charge is -2.35. The van der Waals surface area contributed by atoms with Crippen LogP contribution in [0.25, 0.3) is 0 Å². The zero-order valence-corrected chi connectivity index (χ0v) is 17.1. The summed E-state index contributed by atoms with van der Waals surface area (Å²) >= 11 is 0. The maximum absolute atomic E-state index is 2.65. The van der Waals surface area contributed by atoms with Crippen LogP contribution in [-0.2, 0) is 0 Å². The zero-order chi connectivity index (χ0) is 17.3. The van der Waals surface area contributed by atoms with Crippen LogP contribution in [0, 0.1) is 29.6 Å². The third-order valence-electron chi connectivity index (χ3n) is 7.90. The minimum atomic E-state index is 0.915. The number of unbranched alkanes of at least 4 members (excludes halogenated alkanes) is 2. The lowest BCUT2D eigenvalue weighted by Crippen LogP contribution is -2.23. The molecule has 0 saturated heterocycles. The summed E-state index contributed by atoms with van der Waals surface area (Å²) in [7, 11) is 0. The largest absolute Gasteiger partial charge is 0.0851 e. The van der Waals surface area contributed by atoms with Crippen LogP contribution in [0.3, 0.4) is 0 Å². The number of hydrogen-bond donors (Lipinski definition) is 0. The SMILES string of the molecule is CCCCC[C@H]1CC[C@H](C=C[C@H]2CC[C@H](C3CCCCC3)CC2)CC1. The highest BCUT2D eigenvalue weighted by Gasteiger charge is 2.28. The average Bonchev–Trinajstić information content (AvgIpc) is 2.69. The van der Waals surface area contributed by atoms with Gasteiger partial charge in [0.1, 0.15) is 0 Å². The Morgan fingerprint density at radius 2 is 1.16 bits per heavy atom. The van der Waals surface area contributed by atoms with Crippen molar-refractivity contribution in [1.82, 2.24) is 0 Å². The molecule has 0 atom stereocenters. The number of rotatable bonds is 7. The predicted molar refractivity (Wildman–Crippen MR) is 111 cm³/mol. The molecule has 3 fully saturated rings. The molecule has 0 nitrogen and oxygen atoms in total. The first-order chi connectivity index (χ1) is 12.3. The van der Waals surface area contributed by atoms with Gasteiger partial charge in [-0.15, -0.1) is 0 Å². The molecule has 0 aromatic carbocycles. The van der Waals surface area contributed by atoms with Gasteiger partial charge in [0.25, 0.3) is 0 Å². The van der Waals surface area contributed by atoms with Crippen molar-refractivity contribution >= 4 is 0 Å². The highest BCUT2D eigenvalue weighted by atomic mass is 14.3. The van der Waals surface area contributed by atoms with Crippen molar-refractivity contribution in [3.63, 3.8) is 0 Å². The highest BCUT2D eigenvalue weighted by molar-refractivity contribution is 4.96. The van der Waals surface area contributed by atoms with Crippen LogP contribution < -0.4 is 0 Å². The van der Waals surface area contributed by atoms with Gasteiger partial charge in [0.15, 0.2) is 0 Å². The Morgan fingerprint density at radius 1 is 0.600 bits per heavy atom. The van der Waals surface area contributed by atoms with Crippen LogP contribution in [-0.4, -0.2) is 0 Å². The third-order valence-corrected chi connectivity index (χ3v) is 7.90. The summed E-state index contributed by atoms with van der Waals surface area (Å²) in [6.07, 6.45) is 30.8. The van der Waals surface area contributed by atoms with E-state index >= 15 is 0 Å². The van der Waals surface area contributed by atoms with Crippen molar-refractivity contribution in [3.8, 4) is 0 Å². The molecule has 0 radical (unpaired) electrons. The van der Waals surface area contributed by atoms with Crippen molar-refractivity contribution in [3.05, 3.63) is 12.2 Å². The summed E-state index contributed by atoms with van der Waals surface area (Å²) in [6.45, 7) is 2.32. The molecule has 0 heterocycles. The van der Waals surface area contributed by atoms with Crippen molar-refractivity contribution in [1.29, 1.82) is 0 Å². The average molecular weight is 345 g/mol. The maximum Gasteiger partial charge on any atom is -0.0233 e. The standard InChI is InChI=1S/C25H44/c1-2-3-5-8-21-11-13-22(14-12-21)15-16-23-17-19-25(20-18-23)24-9-6-4-7-10-24/h15-16,21-25H,2-14,17-20H2,1H3/t21-,22-,23-,25-. The molecule has 0 heteroatoms.